The van der Waals surface area contributed by atoms with Gasteiger partial charge < -0.3 is 19.3 Å². The zero-order valence-electron chi connectivity index (χ0n) is 12.8. The maximum Gasteiger partial charge on any atom is 0.232 e. The Bertz CT molecular complexity index is 523. The number of carbonyl (C=O) groups is 1. The monoisotopic (exact) mass is 324 g/mol. The predicted molar refractivity (Wildman–Crippen MR) is 84.7 cm³/mol. The highest BCUT2D eigenvalue weighted by Gasteiger charge is 2.37. The molecule has 0 N–H and O–H groups in total. The van der Waals surface area contributed by atoms with Crippen LogP contribution in [0.5, 0.6) is 11.8 Å². The SMILES string of the molecule is COc1cc(OC)nc(N2CC(C(=O)N3CCSCC3)C2)n1. The van der Waals surface area contributed by atoms with E-state index in [1.807, 2.05) is 21.6 Å². The van der Waals surface area contributed by atoms with Crippen LogP contribution in [0, 0.1) is 5.92 Å². The average molecular weight is 324 g/mol. The molecule has 0 saturated carbocycles. The summed E-state index contributed by atoms with van der Waals surface area (Å²) in [6.07, 6.45) is 0. The average Bonchev–Trinajstić information content (AvgIpc) is 2.53. The van der Waals surface area contributed by atoms with E-state index in [2.05, 4.69) is 9.97 Å². The Morgan fingerprint density at radius 2 is 1.77 bits per heavy atom. The highest BCUT2D eigenvalue weighted by molar-refractivity contribution is 7.99. The zero-order chi connectivity index (χ0) is 15.5. The number of carbonyl (C=O) groups excluding carboxylic acids is 1. The smallest absolute Gasteiger partial charge is 0.232 e. The van der Waals surface area contributed by atoms with Crippen molar-refractivity contribution in [2.75, 3.05) is 56.8 Å². The van der Waals surface area contributed by atoms with Gasteiger partial charge in [-0.15, -0.1) is 0 Å². The third-order valence-electron chi connectivity index (χ3n) is 3.92. The molecule has 22 heavy (non-hydrogen) atoms. The third-order valence-corrected chi connectivity index (χ3v) is 4.86. The fraction of sp³-hybridized carbons (Fsp3) is 0.643. The molecule has 1 amide bonds. The van der Waals surface area contributed by atoms with Gasteiger partial charge in [0.15, 0.2) is 0 Å². The summed E-state index contributed by atoms with van der Waals surface area (Å²) >= 11 is 1.91. The summed E-state index contributed by atoms with van der Waals surface area (Å²) in [5.41, 5.74) is 0. The first-order chi connectivity index (χ1) is 10.7. The van der Waals surface area contributed by atoms with E-state index in [1.165, 1.54) is 0 Å². The summed E-state index contributed by atoms with van der Waals surface area (Å²) in [7, 11) is 3.12. The van der Waals surface area contributed by atoms with Crippen molar-refractivity contribution in [3.63, 3.8) is 0 Å². The Kier molecular flexibility index (Phi) is 4.56. The minimum atomic E-state index is 0.0453. The van der Waals surface area contributed by atoms with Crippen LogP contribution in [-0.4, -0.2) is 72.7 Å². The molecule has 3 rings (SSSR count). The first-order valence-corrected chi connectivity index (χ1v) is 8.45. The lowest BCUT2D eigenvalue weighted by atomic mass is 9.99. The van der Waals surface area contributed by atoms with E-state index >= 15 is 0 Å². The molecule has 0 spiro atoms. The first kappa shape index (κ1) is 15.2. The van der Waals surface area contributed by atoms with E-state index in [9.17, 15) is 4.79 Å². The number of aromatic nitrogens is 2. The minimum absolute atomic E-state index is 0.0453. The van der Waals surface area contributed by atoms with Crippen molar-refractivity contribution in [1.29, 1.82) is 0 Å². The van der Waals surface area contributed by atoms with E-state index < -0.39 is 0 Å². The first-order valence-electron chi connectivity index (χ1n) is 7.30. The van der Waals surface area contributed by atoms with E-state index in [4.69, 9.17) is 9.47 Å². The van der Waals surface area contributed by atoms with Gasteiger partial charge in [0.2, 0.25) is 23.6 Å². The number of amides is 1. The molecule has 2 saturated heterocycles. The van der Waals surface area contributed by atoms with Gasteiger partial charge in [0.1, 0.15) is 0 Å². The van der Waals surface area contributed by atoms with E-state index in [0.29, 0.717) is 30.8 Å². The third kappa shape index (κ3) is 3.06. The highest BCUT2D eigenvalue weighted by Crippen LogP contribution is 2.27. The summed E-state index contributed by atoms with van der Waals surface area (Å²) in [6, 6.07) is 1.64. The van der Waals surface area contributed by atoms with Gasteiger partial charge in [0.05, 0.1) is 26.2 Å². The van der Waals surface area contributed by atoms with Gasteiger partial charge in [-0.2, -0.15) is 21.7 Å². The molecule has 1 aromatic heterocycles. The molecule has 0 radical (unpaired) electrons. The highest BCUT2D eigenvalue weighted by atomic mass is 32.2. The van der Waals surface area contributed by atoms with Crippen molar-refractivity contribution in [3.05, 3.63) is 6.07 Å². The quantitative estimate of drug-likeness (QED) is 0.799. The number of nitrogens with zero attached hydrogens (tertiary/aromatic N) is 4. The topological polar surface area (TPSA) is 67.8 Å². The molecule has 3 heterocycles. The van der Waals surface area contributed by atoms with Crippen LogP contribution in [0.2, 0.25) is 0 Å². The lowest BCUT2D eigenvalue weighted by Crippen LogP contribution is -2.56. The molecular formula is C14H20N4O3S. The molecule has 0 bridgehead atoms. The Hall–Kier alpha value is -1.70. The van der Waals surface area contributed by atoms with E-state index in [0.717, 1.165) is 24.6 Å². The van der Waals surface area contributed by atoms with Gasteiger partial charge in [-0.25, -0.2) is 0 Å². The van der Waals surface area contributed by atoms with Crippen LogP contribution in [-0.2, 0) is 4.79 Å². The lowest BCUT2D eigenvalue weighted by Gasteiger charge is -2.41. The standard InChI is InChI=1S/C14H20N4O3S/c1-20-11-7-12(21-2)16-14(15-11)18-8-10(9-18)13(19)17-3-5-22-6-4-17/h7,10H,3-6,8-9H2,1-2H3. The number of thioether (sulfide) groups is 1. The normalized spacial score (nSPS) is 18.8. The second kappa shape index (κ2) is 6.60. The maximum atomic E-state index is 12.4. The van der Waals surface area contributed by atoms with Gasteiger partial charge in [0.25, 0.3) is 0 Å². The summed E-state index contributed by atoms with van der Waals surface area (Å²) < 4.78 is 10.3. The van der Waals surface area contributed by atoms with Gasteiger partial charge in [0, 0.05) is 37.7 Å². The molecule has 2 aliphatic rings. The maximum absolute atomic E-state index is 12.4. The van der Waals surface area contributed by atoms with Crippen molar-refractivity contribution >= 4 is 23.6 Å². The molecule has 7 nitrogen and oxygen atoms in total. The van der Waals surface area contributed by atoms with Crippen molar-refractivity contribution in [2.45, 2.75) is 0 Å². The second-order valence-electron chi connectivity index (χ2n) is 5.29. The number of hydrogen-bond donors (Lipinski definition) is 0. The minimum Gasteiger partial charge on any atom is -0.481 e. The van der Waals surface area contributed by atoms with Crippen LogP contribution >= 0.6 is 11.8 Å². The van der Waals surface area contributed by atoms with Crippen molar-refractivity contribution in [3.8, 4) is 11.8 Å². The molecular weight excluding hydrogens is 304 g/mol. The molecule has 120 valence electrons. The number of anilines is 1. The van der Waals surface area contributed by atoms with Gasteiger partial charge >= 0.3 is 0 Å². The largest absolute Gasteiger partial charge is 0.481 e. The number of methoxy groups -OCH3 is 2. The molecule has 2 fully saturated rings. The molecule has 0 unspecified atom stereocenters. The molecule has 8 heteroatoms. The Morgan fingerprint density at radius 3 is 2.32 bits per heavy atom. The number of ether oxygens (including phenoxy) is 2. The number of rotatable bonds is 4. The molecule has 0 aromatic carbocycles. The summed E-state index contributed by atoms with van der Waals surface area (Å²) in [5, 5.41) is 0. The van der Waals surface area contributed by atoms with Crippen LogP contribution < -0.4 is 14.4 Å². The lowest BCUT2D eigenvalue weighted by molar-refractivity contribution is -0.135. The van der Waals surface area contributed by atoms with Crippen LogP contribution in [0.15, 0.2) is 6.07 Å². The van der Waals surface area contributed by atoms with Crippen molar-refractivity contribution in [2.24, 2.45) is 5.92 Å². The Labute approximate surface area is 134 Å². The molecule has 1 aromatic rings. The van der Waals surface area contributed by atoms with Crippen LogP contribution in [0.1, 0.15) is 0 Å². The Morgan fingerprint density at radius 1 is 1.18 bits per heavy atom. The summed E-state index contributed by atoms with van der Waals surface area (Å²) in [5.74, 6) is 3.86. The Balaban J connectivity index is 1.61. The molecule has 0 aliphatic carbocycles. The van der Waals surface area contributed by atoms with Gasteiger partial charge in [-0.1, -0.05) is 0 Å². The van der Waals surface area contributed by atoms with Crippen molar-refractivity contribution in [1.82, 2.24) is 14.9 Å². The fourth-order valence-corrected chi connectivity index (χ4v) is 3.49. The van der Waals surface area contributed by atoms with Gasteiger partial charge in [-0.05, 0) is 0 Å². The summed E-state index contributed by atoms with van der Waals surface area (Å²) in [4.78, 5) is 25.0. The molecule has 0 atom stereocenters. The molecule has 2 aliphatic heterocycles. The van der Waals surface area contributed by atoms with Crippen LogP contribution in [0.3, 0.4) is 0 Å². The predicted octanol–water partition coefficient (Wildman–Crippen LogP) is 0.505. The van der Waals surface area contributed by atoms with Crippen LogP contribution in [0.25, 0.3) is 0 Å². The number of hydrogen-bond acceptors (Lipinski definition) is 7. The zero-order valence-corrected chi connectivity index (χ0v) is 13.6. The summed E-state index contributed by atoms with van der Waals surface area (Å²) in [6.45, 7) is 3.03. The van der Waals surface area contributed by atoms with Crippen LogP contribution in [0.4, 0.5) is 5.95 Å². The van der Waals surface area contributed by atoms with Crippen molar-refractivity contribution < 1.29 is 14.3 Å². The van der Waals surface area contributed by atoms with E-state index in [-0.39, 0.29) is 11.8 Å². The second-order valence-corrected chi connectivity index (χ2v) is 6.52. The van der Waals surface area contributed by atoms with E-state index in [1.54, 1.807) is 20.3 Å². The van der Waals surface area contributed by atoms with Gasteiger partial charge in [-0.3, -0.25) is 4.79 Å². The fourth-order valence-electron chi connectivity index (χ4n) is 2.58.